The Balaban J connectivity index is 2.11. The van der Waals surface area contributed by atoms with E-state index in [1.165, 1.54) is 0 Å². The van der Waals surface area contributed by atoms with Crippen LogP contribution in [-0.2, 0) is 0 Å². The molecular formula is C14H11IN2O2. The Hall–Kier alpha value is -1.76. The minimum Gasteiger partial charge on any atom is -0.507 e. The number of rotatable bonds is 2. The summed E-state index contributed by atoms with van der Waals surface area (Å²) in [6.07, 6.45) is 0. The predicted molar refractivity (Wildman–Crippen MR) is 82.5 cm³/mol. The van der Waals surface area contributed by atoms with Crippen LogP contribution in [0.2, 0.25) is 0 Å². The molecule has 0 amide bonds. The molecular weight excluding hydrogens is 355 g/mol. The number of benzene rings is 2. The molecule has 0 aliphatic rings. The lowest BCUT2D eigenvalue weighted by molar-refractivity contribution is 0.415. The first-order valence-electron chi connectivity index (χ1n) is 5.70. The number of nitrogens with one attached hydrogen (secondary N) is 1. The van der Waals surface area contributed by atoms with Crippen molar-refractivity contribution in [3.8, 4) is 22.9 Å². The number of aromatic nitrogens is 2. The molecule has 0 unspecified atom stereocenters. The quantitative estimate of drug-likeness (QED) is 0.682. The molecule has 3 aromatic rings. The van der Waals surface area contributed by atoms with Gasteiger partial charge in [-0.15, -0.1) is 0 Å². The average molecular weight is 366 g/mol. The van der Waals surface area contributed by atoms with E-state index in [0.717, 1.165) is 31.7 Å². The number of imidazole rings is 1. The lowest BCUT2D eigenvalue weighted by Gasteiger charge is -1.99. The normalized spacial score (nSPS) is 10.8. The van der Waals surface area contributed by atoms with Gasteiger partial charge in [-0.3, -0.25) is 0 Å². The van der Waals surface area contributed by atoms with Gasteiger partial charge in [0.25, 0.3) is 0 Å². The van der Waals surface area contributed by atoms with Crippen molar-refractivity contribution in [2.75, 3.05) is 7.11 Å². The SMILES string of the molecule is COc1ccc2nc(-c3ccc(I)c(O)c3)[nH]c2c1. The molecule has 3 rings (SSSR count). The summed E-state index contributed by atoms with van der Waals surface area (Å²) in [6.45, 7) is 0. The van der Waals surface area contributed by atoms with Gasteiger partial charge in [-0.05, 0) is 52.9 Å². The summed E-state index contributed by atoms with van der Waals surface area (Å²) in [5.41, 5.74) is 2.63. The Bertz CT molecular complexity index is 752. The van der Waals surface area contributed by atoms with Crippen molar-refractivity contribution in [1.82, 2.24) is 9.97 Å². The van der Waals surface area contributed by atoms with Crippen LogP contribution in [0.25, 0.3) is 22.4 Å². The lowest BCUT2D eigenvalue weighted by Crippen LogP contribution is -1.81. The zero-order chi connectivity index (χ0) is 13.4. The third-order valence-electron chi connectivity index (χ3n) is 2.91. The third kappa shape index (κ3) is 2.25. The Labute approximate surface area is 123 Å². The highest BCUT2D eigenvalue weighted by Crippen LogP contribution is 2.28. The largest absolute Gasteiger partial charge is 0.507 e. The maximum absolute atomic E-state index is 9.75. The van der Waals surface area contributed by atoms with Crippen molar-refractivity contribution in [3.05, 3.63) is 40.0 Å². The Morgan fingerprint density at radius 2 is 2.05 bits per heavy atom. The fourth-order valence-corrected chi connectivity index (χ4v) is 2.25. The Kier molecular flexibility index (Phi) is 3.06. The number of H-pyrrole nitrogens is 1. The van der Waals surface area contributed by atoms with Gasteiger partial charge in [-0.1, -0.05) is 0 Å². The van der Waals surface area contributed by atoms with Crippen LogP contribution in [0.1, 0.15) is 0 Å². The molecule has 4 nitrogen and oxygen atoms in total. The van der Waals surface area contributed by atoms with E-state index in [9.17, 15) is 5.11 Å². The molecule has 0 radical (unpaired) electrons. The number of ether oxygens (including phenoxy) is 1. The molecule has 1 aromatic heterocycles. The fraction of sp³-hybridized carbons (Fsp3) is 0.0714. The highest BCUT2D eigenvalue weighted by atomic mass is 127. The van der Waals surface area contributed by atoms with Crippen LogP contribution in [0.5, 0.6) is 11.5 Å². The minimum atomic E-state index is 0.260. The Morgan fingerprint density at radius 1 is 1.21 bits per heavy atom. The maximum atomic E-state index is 9.75. The molecule has 0 saturated carbocycles. The van der Waals surface area contributed by atoms with Crippen molar-refractivity contribution >= 4 is 33.6 Å². The van der Waals surface area contributed by atoms with Gasteiger partial charge >= 0.3 is 0 Å². The molecule has 19 heavy (non-hydrogen) atoms. The molecule has 0 fully saturated rings. The molecule has 96 valence electrons. The summed E-state index contributed by atoms with van der Waals surface area (Å²) in [5, 5.41) is 9.75. The fourth-order valence-electron chi connectivity index (χ4n) is 1.91. The molecule has 5 heteroatoms. The zero-order valence-electron chi connectivity index (χ0n) is 10.1. The van der Waals surface area contributed by atoms with Crippen molar-refractivity contribution in [1.29, 1.82) is 0 Å². The van der Waals surface area contributed by atoms with Crippen LogP contribution < -0.4 is 4.74 Å². The van der Waals surface area contributed by atoms with Crippen LogP contribution in [0, 0.1) is 3.57 Å². The molecule has 0 saturated heterocycles. The summed E-state index contributed by atoms with van der Waals surface area (Å²) in [4.78, 5) is 7.73. The van der Waals surface area contributed by atoms with E-state index in [1.54, 1.807) is 13.2 Å². The average Bonchev–Trinajstić information content (AvgIpc) is 2.84. The van der Waals surface area contributed by atoms with E-state index >= 15 is 0 Å². The van der Waals surface area contributed by atoms with Gasteiger partial charge in [0.2, 0.25) is 0 Å². The first-order valence-corrected chi connectivity index (χ1v) is 6.78. The van der Waals surface area contributed by atoms with Gasteiger partial charge in [0, 0.05) is 11.6 Å². The number of phenolic OH excluding ortho intramolecular Hbond substituents is 1. The van der Waals surface area contributed by atoms with E-state index in [0.29, 0.717) is 0 Å². The van der Waals surface area contributed by atoms with E-state index in [4.69, 9.17) is 4.74 Å². The Morgan fingerprint density at radius 3 is 2.79 bits per heavy atom. The highest BCUT2D eigenvalue weighted by Gasteiger charge is 2.08. The van der Waals surface area contributed by atoms with Gasteiger partial charge in [0.05, 0.1) is 21.7 Å². The van der Waals surface area contributed by atoms with E-state index in [2.05, 4.69) is 32.6 Å². The second-order valence-electron chi connectivity index (χ2n) is 4.13. The number of hydrogen-bond acceptors (Lipinski definition) is 3. The summed E-state index contributed by atoms with van der Waals surface area (Å²) >= 11 is 2.09. The van der Waals surface area contributed by atoms with Crippen molar-refractivity contribution in [2.24, 2.45) is 0 Å². The number of methoxy groups -OCH3 is 1. The molecule has 2 N–H and O–H groups in total. The number of halogens is 1. The number of fused-ring (bicyclic) bond motifs is 1. The maximum Gasteiger partial charge on any atom is 0.138 e. The van der Waals surface area contributed by atoms with Gasteiger partial charge in [-0.25, -0.2) is 4.98 Å². The van der Waals surface area contributed by atoms with Crippen LogP contribution in [0.15, 0.2) is 36.4 Å². The van der Waals surface area contributed by atoms with Gasteiger partial charge in [-0.2, -0.15) is 0 Å². The standard InChI is InChI=1S/C14H11IN2O2/c1-19-9-3-5-11-12(7-9)17-14(16-11)8-2-4-10(15)13(18)6-8/h2-7,18H,1H3,(H,16,17). The molecule has 1 heterocycles. The monoisotopic (exact) mass is 366 g/mol. The molecule has 0 atom stereocenters. The molecule has 0 bridgehead atoms. The topological polar surface area (TPSA) is 58.1 Å². The van der Waals surface area contributed by atoms with E-state index in [1.807, 2.05) is 30.3 Å². The van der Waals surface area contributed by atoms with Crippen LogP contribution in [0.3, 0.4) is 0 Å². The van der Waals surface area contributed by atoms with Crippen molar-refractivity contribution in [3.63, 3.8) is 0 Å². The van der Waals surface area contributed by atoms with Gasteiger partial charge in [0.15, 0.2) is 0 Å². The van der Waals surface area contributed by atoms with Crippen LogP contribution >= 0.6 is 22.6 Å². The summed E-state index contributed by atoms with van der Waals surface area (Å²) in [6, 6.07) is 11.2. The number of hydrogen-bond donors (Lipinski definition) is 2. The zero-order valence-corrected chi connectivity index (χ0v) is 12.3. The van der Waals surface area contributed by atoms with Gasteiger partial charge in [0.1, 0.15) is 17.3 Å². The number of phenols is 1. The first-order chi connectivity index (χ1) is 9.17. The number of aromatic amines is 1. The predicted octanol–water partition coefficient (Wildman–Crippen LogP) is 3.55. The molecule has 0 aliphatic heterocycles. The third-order valence-corrected chi connectivity index (χ3v) is 3.82. The van der Waals surface area contributed by atoms with Crippen molar-refractivity contribution in [2.45, 2.75) is 0 Å². The number of aromatic hydroxyl groups is 1. The van der Waals surface area contributed by atoms with Crippen molar-refractivity contribution < 1.29 is 9.84 Å². The van der Waals surface area contributed by atoms with E-state index in [-0.39, 0.29) is 5.75 Å². The van der Waals surface area contributed by atoms with E-state index < -0.39 is 0 Å². The molecule has 2 aromatic carbocycles. The number of nitrogens with zero attached hydrogens (tertiary/aromatic N) is 1. The first kappa shape index (κ1) is 12.3. The minimum absolute atomic E-state index is 0.260. The highest BCUT2D eigenvalue weighted by molar-refractivity contribution is 14.1. The second kappa shape index (κ2) is 4.73. The summed E-state index contributed by atoms with van der Waals surface area (Å²) in [5.74, 6) is 1.78. The summed E-state index contributed by atoms with van der Waals surface area (Å²) in [7, 11) is 1.63. The smallest absolute Gasteiger partial charge is 0.138 e. The van der Waals surface area contributed by atoms with Crippen LogP contribution in [0.4, 0.5) is 0 Å². The molecule has 0 spiro atoms. The van der Waals surface area contributed by atoms with Gasteiger partial charge < -0.3 is 14.8 Å². The summed E-state index contributed by atoms with van der Waals surface area (Å²) < 4.78 is 6.00. The van der Waals surface area contributed by atoms with Crippen LogP contribution in [-0.4, -0.2) is 22.2 Å². The lowest BCUT2D eigenvalue weighted by atomic mass is 10.2. The second-order valence-corrected chi connectivity index (χ2v) is 5.30. The molecule has 0 aliphatic carbocycles.